The standard InChI is InChI=1S/C18H29N7O/c1-22(2)14-5-7-24(9-14)18-15-10-25(13-4-6-19-8-13)16(26)11-23(3)17(15)20-12-21-18/h12-14,19H,4-11H2,1-3H3/t13?,14-/m0/s1. The SMILES string of the molecule is CN1CC(=O)N(C2CCNC2)Cc2c1ncnc2N1CC[C@H](N(C)C)C1. The summed E-state index contributed by atoms with van der Waals surface area (Å²) >= 11 is 0. The summed E-state index contributed by atoms with van der Waals surface area (Å²) in [6.45, 7) is 4.80. The molecule has 3 aliphatic rings. The van der Waals surface area contributed by atoms with Crippen molar-refractivity contribution in [3.8, 4) is 0 Å². The largest absolute Gasteiger partial charge is 0.355 e. The first-order chi connectivity index (χ1) is 12.5. The summed E-state index contributed by atoms with van der Waals surface area (Å²) in [6.07, 6.45) is 3.79. The van der Waals surface area contributed by atoms with E-state index >= 15 is 0 Å². The topological polar surface area (TPSA) is 67.8 Å². The molecule has 142 valence electrons. The number of hydrogen-bond acceptors (Lipinski definition) is 7. The van der Waals surface area contributed by atoms with Crippen molar-refractivity contribution in [3.63, 3.8) is 0 Å². The van der Waals surface area contributed by atoms with Crippen molar-refractivity contribution in [2.45, 2.75) is 31.5 Å². The number of carbonyl (C=O) groups is 1. The number of amides is 1. The Bertz CT molecular complexity index is 674. The molecular weight excluding hydrogens is 330 g/mol. The molecule has 3 aliphatic heterocycles. The van der Waals surface area contributed by atoms with Gasteiger partial charge in [0, 0.05) is 38.8 Å². The molecule has 0 radical (unpaired) electrons. The van der Waals surface area contributed by atoms with Gasteiger partial charge in [-0.3, -0.25) is 4.79 Å². The number of nitrogens with zero attached hydrogens (tertiary/aromatic N) is 6. The first-order valence-corrected chi connectivity index (χ1v) is 9.51. The van der Waals surface area contributed by atoms with Gasteiger partial charge in [0.25, 0.3) is 0 Å². The van der Waals surface area contributed by atoms with Crippen LogP contribution in [-0.4, -0.2) is 91.6 Å². The molecule has 8 heteroatoms. The van der Waals surface area contributed by atoms with Gasteiger partial charge in [0.15, 0.2) is 0 Å². The Hall–Kier alpha value is -1.93. The van der Waals surface area contributed by atoms with Gasteiger partial charge in [0.2, 0.25) is 5.91 Å². The average Bonchev–Trinajstić information content (AvgIpc) is 3.29. The lowest BCUT2D eigenvalue weighted by atomic mass is 10.1. The third kappa shape index (κ3) is 3.12. The summed E-state index contributed by atoms with van der Waals surface area (Å²) in [6, 6.07) is 0.809. The molecule has 26 heavy (non-hydrogen) atoms. The van der Waals surface area contributed by atoms with E-state index in [2.05, 4.69) is 39.2 Å². The second-order valence-corrected chi connectivity index (χ2v) is 7.88. The zero-order chi connectivity index (χ0) is 18.3. The number of carbonyl (C=O) groups excluding carboxylic acids is 1. The van der Waals surface area contributed by atoms with Gasteiger partial charge in [-0.25, -0.2) is 9.97 Å². The maximum absolute atomic E-state index is 12.8. The van der Waals surface area contributed by atoms with Crippen molar-refractivity contribution in [1.82, 2.24) is 25.1 Å². The lowest BCUT2D eigenvalue weighted by Gasteiger charge is -2.28. The minimum atomic E-state index is 0.178. The smallest absolute Gasteiger partial charge is 0.242 e. The van der Waals surface area contributed by atoms with Crippen molar-refractivity contribution < 1.29 is 4.79 Å². The van der Waals surface area contributed by atoms with Gasteiger partial charge < -0.3 is 24.9 Å². The van der Waals surface area contributed by atoms with E-state index in [9.17, 15) is 4.79 Å². The van der Waals surface area contributed by atoms with Crippen LogP contribution in [0.15, 0.2) is 6.33 Å². The number of nitrogens with one attached hydrogen (secondary N) is 1. The Morgan fingerprint density at radius 2 is 2.00 bits per heavy atom. The fraction of sp³-hybridized carbons (Fsp3) is 0.722. The Balaban J connectivity index is 1.67. The van der Waals surface area contributed by atoms with Crippen LogP contribution >= 0.6 is 0 Å². The second kappa shape index (κ2) is 7.00. The number of hydrogen-bond donors (Lipinski definition) is 1. The number of likely N-dealkylation sites (N-methyl/N-ethyl adjacent to an activating group) is 2. The van der Waals surface area contributed by atoms with Crippen molar-refractivity contribution in [3.05, 3.63) is 11.9 Å². The molecular formula is C18H29N7O. The fourth-order valence-corrected chi connectivity index (χ4v) is 4.36. The van der Waals surface area contributed by atoms with Crippen LogP contribution in [0.4, 0.5) is 11.6 Å². The molecule has 0 spiro atoms. The molecule has 0 saturated carbocycles. The molecule has 2 atom stereocenters. The van der Waals surface area contributed by atoms with Gasteiger partial charge in [0.05, 0.1) is 18.7 Å². The quantitative estimate of drug-likeness (QED) is 0.799. The molecule has 4 heterocycles. The van der Waals surface area contributed by atoms with E-state index in [0.717, 1.165) is 56.2 Å². The van der Waals surface area contributed by atoms with Gasteiger partial charge in [-0.15, -0.1) is 0 Å². The highest BCUT2D eigenvalue weighted by molar-refractivity contribution is 5.84. The number of anilines is 2. The molecule has 1 aromatic heterocycles. The second-order valence-electron chi connectivity index (χ2n) is 7.88. The summed E-state index contributed by atoms with van der Waals surface area (Å²) in [5.74, 6) is 2.07. The van der Waals surface area contributed by atoms with E-state index in [4.69, 9.17) is 0 Å². The summed E-state index contributed by atoms with van der Waals surface area (Å²) < 4.78 is 0. The summed E-state index contributed by atoms with van der Waals surface area (Å²) in [5.41, 5.74) is 1.09. The third-order valence-corrected chi connectivity index (χ3v) is 5.95. The Labute approximate surface area is 155 Å². The Morgan fingerprint density at radius 3 is 2.69 bits per heavy atom. The molecule has 8 nitrogen and oxygen atoms in total. The van der Waals surface area contributed by atoms with Crippen LogP contribution in [0.2, 0.25) is 0 Å². The first-order valence-electron chi connectivity index (χ1n) is 9.51. The highest BCUT2D eigenvalue weighted by atomic mass is 16.2. The van der Waals surface area contributed by atoms with Crippen molar-refractivity contribution >= 4 is 17.5 Å². The normalized spacial score (nSPS) is 26.6. The van der Waals surface area contributed by atoms with Crippen LogP contribution in [0.5, 0.6) is 0 Å². The lowest BCUT2D eigenvalue weighted by Crippen LogP contribution is -2.43. The van der Waals surface area contributed by atoms with Crippen molar-refractivity contribution in [2.24, 2.45) is 0 Å². The molecule has 1 amide bonds. The minimum Gasteiger partial charge on any atom is -0.355 e. The summed E-state index contributed by atoms with van der Waals surface area (Å²) in [5, 5.41) is 3.38. The molecule has 1 aromatic rings. The highest BCUT2D eigenvalue weighted by Crippen LogP contribution is 2.32. The van der Waals surface area contributed by atoms with Gasteiger partial charge >= 0.3 is 0 Å². The highest BCUT2D eigenvalue weighted by Gasteiger charge is 2.35. The van der Waals surface area contributed by atoms with E-state index in [-0.39, 0.29) is 11.9 Å². The summed E-state index contributed by atoms with van der Waals surface area (Å²) in [4.78, 5) is 30.7. The Morgan fingerprint density at radius 1 is 1.19 bits per heavy atom. The van der Waals surface area contributed by atoms with Crippen molar-refractivity contribution in [1.29, 1.82) is 0 Å². The van der Waals surface area contributed by atoms with Gasteiger partial charge in [-0.2, -0.15) is 0 Å². The number of rotatable bonds is 3. The molecule has 1 unspecified atom stereocenters. The monoisotopic (exact) mass is 359 g/mol. The predicted octanol–water partition coefficient (Wildman–Crippen LogP) is -0.243. The van der Waals surface area contributed by atoms with Crippen LogP contribution in [0.25, 0.3) is 0 Å². The molecule has 1 N–H and O–H groups in total. The average molecular weight is 359 g/mol. The number of fused-ring (bicyclic) bond motifs is 1. The van der Waals surface area contributed by atoms with Crippen LogP contribution in [0, 0.1) is 0 Å². The van der Waals surface area contributed by atoms with Crippen LogP contribution in [-0.2, 0) is 11.3 Å². The van der Waals surface area contributed by atoms with Gasteiger partial charge in [0.1, 0.15) is 18.0 Å². The van der Waals surface area contributed by atoms with Crippen LogP contribution in [0.1, 0.15) is 18.4 Å². The maximum Gasteiger partial charge on any atom is 0.242 e. The van der Waals surface area contributed by atoms with Crippen LogP contribution < -0.4 is 15.1 Å². The van der Waals surface area contributed by atoms with Gasteiger partial charge in [-0.05, 0) is 33.5 Å². The zero-order valence-corrected chi connectivity index (χ0v) is 16.0. The first kappa shape index (κ1) is 17.5. The van der Waals surface area contributed by atoms with E-state index in [1.54, 1.807) is 6.33 Å². The predicted molar refractivity (Wildman–Crippen MR) is 101 cm³/mol. The molecule has 2 saturated heterocycles. The molecule has 0 bridgehead atoms. The van der Waals surface area contributed by atoms with E-state index in [0.29, 0.717) is 19.1 Å². The minimum absolute atomic E-state index is 0.178. The maximum atomic E-state index is 12.8. The zero-order valence-electron chi connectivity index (χ0n) is 16.0. The van der Waals surface area contributed by atoms with Crippen molar-refractivity contribution in [2.75, 3.05) is 63.7 Å². The van der Waals surface area contributed by atoms with Gasteiger partial charge in [-0.1, -0.05) is 0 Å². The lowest BCUT2D eigenvalue weighted by molar-refractivity contribution is -0.132. The Kier molecular flexibility index (Phi) is 4.71. The summed E-state index contributed by atoms with van der Waals surface area (Å²) in [7, 11) is 6.22. The van der Waals surface area contributed by atoms with Crippen LogP contribution in [0.3, 0.4) is 0 Å². The fourth-order valence-electron chi connectivity index (χ4n) is 4.36. The van der Waals surface area contributed by atoms with E-state index in [1.165, 1.54) is 0 Å². The van der Waals surface area contributed by atoms with E-state index < -0.39 is 0 Å². The molecule has 0 aromatic carbocycles. The third-order valence-electron chi connectivity index (χ3n) is 5.95. The molecule has 4 rings (SSSR count). The van der Waals surface area contributed by atoms with E-state index in [1.807, 2.05) is 16.8 Å². The molecule has 2 fully saturated rings. The number of aromatic nitrogens is 2. The molecule has 0 aliphatic carbocycles.